The van der Waals surface area contributed by atoms with E-state index in [1.807, 2.05) is 0 Å². The first-order valence-corrected chi connectivity index (χ1v) is 5.65. The molecule has 5 nitrogen and oxygen atoms in total. The summed E-state index contributed by atoms with van der Waals surface area (Å²) >= 11 is 0. The van der Waals surface area contributed by atoms with Crippen molar-refractivity contribution >= 4 is 24.3 Å². The fourth-order valence-corrected chi connectivity index (χ4v) is 1.94. The normalized spacial score (nSPS) is 24.6. The maximum atomic E-state index is 11.7. The Morgan fingerprint density at radius 3 is 2.59 bits per heavy atom. The van der Waals surface area contributed by atoms with Crippen molar-refractivity contribution in [3.8, 4) is 0 Å². The molecule has 1 amide bonds. The van der Waals surface area contributed by atoms with Gasteiger partial charge in [-0.2, -0.15) is 0 Å². The molecule has 0 aromatic carbocycles. The summed E-state index contributed by atoms with van der Waals surface area (Å²) in [5, 5.41) is 2.76. The molecule has 1 aliphatic carbocycles. The fourth-order valence-electron chi connectivity index (χ4n) is 1.94. The lowest BCUT2D eigenvalue weighted by Crippen LogP contribution is -2.35. The summed E-state index contributed by atoms with van der Waals surface area (Å²) in [4.78, 5) is 22.8. The number of ether oxygens (including phenoxy) is 1. The lowest BCUT2D eigenvalue weighted by Gasteiger charge is -2.13. The van der Waals surface area contributed by atoms with Crippen LogP contribution in [0.1, 0.15) is 26.2 Å². The third-order valence-corrected chi connectivity index (χ3v) is 3.03. The molecule has 0 bridgehead atoms. The van der Waals surface area contributed by atoms with Gasteiger partial charge in [0.05, 0.1) is 13.0 Å². The highest BCUT2D eigenvalue weighted by atomic mass is 35.5. The number of amides is 1. The van der Waals surface area contributed by atoms with Crippen molar-refractivity contribution in [3.05, 3.63) is 0 Å². The predicted octanol–water partition coefficient (Wildman–Crippen LogP) is 0.461. The molecule has 0 aromatic rings. The zero-order chi connectivity index (χ0) is 12.1. The lowest BCUT2D eigenvalue weighted by atomic mass is 10.1. The smallest absolute Gasteiger partial charge is 0.310 e. The van der Waals surface area contributed by atoms with Crippen molar-refractivity contribution in [2.45, 2.75) is 32.2 Å². The summed E-state index contributed by atoms with van der Waals surface area (Å²) in [5.74, 6) is -0.587. The van der Waals surface area contributed by atoms with Gasteiger partial charge in [0.15, 0.2) is 0 Å². The quantitative estimate of drug-likeness (QED) is 0.723. The van der Waals surface area contributed by atoms with Gasteiger partial charge in [0, 0.05) is 18.5 Å². The fraction of sp³-hybridized carbons (Fsp3) is 0.818. The van der Waals surface area contributed by atoms with Gasteiger partial charge in [-0.15, -0.1) is 12.4 Å². The minimum absolute atomic E-state index is 0. The van der Waals surface area contributed by atoms with E-state index in [2.05, 4.69) is 10.1 Å². The lowest BCUT2D eigenvalue weighted by molar-refractivity contribution is -0.144. The Morgan fingerprint density at radius 2 is 2.12 bits per heavy atom. The standard InChI is InChI=1S/C11H20N2O3.ClH/c1-7(11(15)16-2)6-13-10(14)8-3-4-9(12)5-8;/h7-9H,3-6,12H2,1-2H3,(H,13,14);1H. The van der Waals surface area contributed by atoms with Gasteiger partial charge in [0.1, 0.15) is 0 Å². The molecule has 1 saturated carbocycles. The van der Waals surface area contributed by atoms with Crippen LogP contribution in [-0.2, 0) is 14.3 Å². The van der Waals surface area contributed by atoms with Crippen molar-refractivity contribution in [3.63, 3.8) is 0 Å². The van der Waals surface area contributed by atoms with Gasteiger partial charge in [-0.3, -0.25) is 9.59 Å². The van der Waals surface area contributed by atoms with E-state index in [4.69, 9.17) is 5.73 Å². The second-order valence-electron chi connectivity index (χ2n) is 4.44. The molecule has 6 heteroatoms. The number of carbonyl (C=O) groups is 2. The van der Waals surface area contributed by atoms with Crippen LogP contribution in [-0.4, -0.2) is 31.6 Å². The third kappa shape index (κ3) is 4.91. The second-order valence-corrected chi connectivity index (χ2v) is 4.44. The van der Waals surface area contributed by atoms with Crippen LogP contribution < -0.4 is 11.1 Å². The van der Waals surface area contributed by atoms with Crippen LogP contribution in [0.5, 0.6) is 0 Å². The van der Waals surface area contributed by atoms with E-state index in [-0.39, 0.29) is 42.2 Å². The molecule has 3 atom stereocenters. The van der Waals surface area contributed by atoms with E-state index in [0.717, 1.165) is 19.3 Å². The van der Waals surface area contributed by atoms with Gasteiger partial charge in [-0.25, -0.2) is 0 Å². The molecule has 1 aliphatic rings. The molecule has 0 aromatic heterocycles. The molecule has 0 heterocycles. The zero-order valence-corrected chi connectivity index (χ0v) is 11.1. The Hall–Kier alpha value is -0.810. The number of methoxy groups -OCH3 is 1. The molecule has 0 aliphatic heterocycles. The Morgan fingerprint density at radius 1 is 1.47 bits per heavy atom. The maximum Gasteiger partial charge on any atom is 0.310 e. The molecular formula is C11H21ClN2O3. The van der Waals surface area contributed by atoms with E-state index in [0.29, 0.717) is 6.54 Å². The van der Waals surface area contributed by atoms with Crippen LogP contribution >= 0.6 is 12.4 Å². The van der Waals surface area contributed by atoms with Crippen molar-refractivity contribution in [2.24, 2.45) is 17.6 Å². The van der Waals surface area contributed by atoms with E-state index >= 15 is 0 Å². The molecule has 17 heavy (non-hydrogen) atoms. The first-order chi connectivity index (χ1) is 7.54. The molecule has 0 spiro atoms. The molecule has 100 valence electrons. The topological polar surface area (TPSA) is 81.4 Å². The average molecular weight is 265 g/mol. The van der Waals surface area contributed by atoms with Crippen LogP contribution in [0.15, 0.2) is 0 Å². The van der Waals surface area contributed by atoms with Crippen molar-refractivity contribution < 1.29 is 14.3 Å². The van der Waals surface area contributed by atoms with Crippen molar-refractivity contribution in [1.29, 1.82) is 0 Å². The first kappa shape index (κ1) is 16.2. The van der Waals surface area contributed by atoms with Crippen LogP contribution in [0.25, 0.3) is 0 Å². The number of nitrogens with one attached hydrogen (secondary N) is 1. The predicted molar refractivity (Wildman–Crippen MR) is 66.8 cm³/mol. The number of esters is 1. The van der Waals surface area contributed by atoms with E-state index in [9.17, 15) is 9.59 Å². The first-order valence-electron chi connectivity index (χ1n) is 5.65. The summed E-state index contributed by atoms with van der Waals surface area (Å²) in [5.41, 5.74) is 5.73. The highest BCUT2D eigenvalue weighted by Crippen LogP contribution is 2.23. The largest absolute Gasteiger partial charge is 0.469 e. The summed E-state index contributed by atoms with van der Waals surface area (Å²) in [6.07, 6.45) is 2.50. The number of carbonyl (C=O) groups excluding carboxylic acids is 2. The Balaban J connectivity index is 0.00000256. The molecule has 3 N–H and O–H groups in total. The van der Waals surface area contributed by atoms with Crippen LogP contribution in [0.3, 0.4) is 0 Å². The van der Waals surface area contributed by atoms with E-state index in [1.54, 1.807) is 6.92 Å². The summed E-state index contributed by atoms with van der Waals surface area (Å²) in [7, 11) is 1.34. The van der Waals surface area contributed by atoms with Crippen LogP contribution in [0.2, 0.25) is 0 Å². The van der Waals surface area contributed by atoms with Gasteiger partial charge in [-0.1, -0.05) is 6.92 Å². The zero-order valence-electron chi connectivity index (χ0n) is 10.3. The number of nitrogens with two attached hydrogens (primary N) is 1. The van der Waals surface area contributed by atoms with E-state index in [1.165, 1.54) is 7.11 Å². The van der Waals surface area contributed by atoms with Crippen molar-refractivity contribution in [1.82, 2.24) is 5.32 Å². The van der Waals surface area contributed by atoms with Gasteiger partial charge in [-0.05, 0) is 19.3 Å². The third-order valence-electron chi connectivity index (χ3n) is 3.03. The molecule has 3 unspecified atom stereocenters. The Kier molecular flexibility index (Phi) is 7.15. The second kappa shape index (κ2) is 7.50. The van der Waals surface area contributed by atoms with Crippen molar-refractivity contribution in [2.75, 3.05) is 13.7 Å². The highest BCUT2D eigenvalue weighted by molar-refractivity contribution is 5.85. The van der Waals surface area contributed by atoms with Gasteiger partial charge < -0.3 is 15.8 Å². The number of hydrogen-bond acceptors (Lipinski definition) is 4. The average Bonchev–Trinajstić information content (AvgIpc) is 2.71. The number of hydrogen-bond donors (Lipinski definition) is 2. The summed E-state index contributed by atoms with van der Waals surface area (Å²) < 4.78 is 4.58. The van der Waals surface area contributed by atoms with Gasteiger partial charge in [0.25, 0.3) is 0 Å². The Bertz CT molecular complexity index is 273. The van der Waals surface area contributed by atoms with Crippen LogP contribution in [0.4, 0.5) is 0 Å². The molecule has 1 fully saturated rings. The summed E-state index contributed by atoms with van der Waals surface area (Å²) in [6, 6.07) is 0.147. The minimum atomic E-state index is -0.302. The minimum Gasteiger partial charge on any atom is -0.469 e. The molecule has 0 radical (unpaired) electrons. The van der Waals surface area contributed by atoms with Gasteiger partial charge in [0.2, 0.25) is 5.91 Å². The summed E-state index contributed by atoms with van der Waals surface area (Å²) in [6.45, 7) is 2.06. The molecule has 0 saturated heterocycles. The molecule has 1 rings (SSSR count). The number of halogens is 1. The highest BCUT2D eigenvalue weighted by Gasteiger charge is 2.28. The molecular weight excluding hydrogens is 244 g/mol. The monoisotopic (exact) mass is 264 g/mol. The van der Waals surface area contributed by atoms with Gasteiger partial charge >= 0.3 is 5.97 Å². The SMILES string of the molecule is COC(=O)C(C)CNC(=O)C1CCC(N)C1.Cl. The van der Waals surface area contributed by atoms with E-state index < -0.39 is 0 Å². The number of rotatable bonds is 4. The Labute approximate surface area is 108 Å². The van der Waals surface area contributed by atoms with Crippen LogP contribution in [0, 0.1) is 11.8 Å². The maximum absolute atomic E-state index is 11.7.